The van der Waals surface area contributed by atoms with Crippen LogP contribution in [0, 0.1) is 0 Å². The molecule has 24 heavy (non-hydrogen) atoms. The summed E-state index contributed by atoms with van der Waals surface area (Å²) in [5, 5.41) is 11.0. The smallest absolute Gasteiger partial charge is 0.259 e. The molecule has 0 spiro atoms. The van der Waals surface area contributed by atoms with E-state index in [-0.39, 0.29) is 5.56 Å². The minimum Gasteiger partial charge on any atom is -0.296 e. The number of amides is 1. The van der Waals surface area contributed by atoms with Crippen molar-refractivity contribution in [3.8, 4) is 0 Å². The van der Waals surface area contributed by atoms with Crippen LogP contribution >= 0.6 is 23.1 Å². The molecule has 0 atom stereocenters. The molecule has 7 nitrogen and oxygen atoms in total. The second-order valence-electron chi connectivity index (χ2n) is 4.92. The van der Waals surface area contributed by atoms with Gasteiger partial charge in [-0.3, -0.25) is 14.4 Å². The van der Waals surface area contributed by atoms with Crippen LogP contribution in [0.3, 0.4) is 0 Å². The highest BCUT2D eigenvalue weighted by molar-refractivity contribution is 8.01. The molecule has 10 heteroatoms. The molecule has 1 heterocycles. The molecule has 2 rings (SSSR count). The Bertz CT molecular complexity index is 820. The molecule has 1 aromatic heterocycles. The van der Waals surface area contributed by atoms with E-state index in [0.29, 0.717) is 10.8 Å². The highest BCUT2D eigenvalue weighted by atomic mass is 32.2. The van der Waals surface area contributed by atoms with Crippen LogP contribution in [0.25, 0.3) is 0 Å². The van der Waals surface area contributed by atoms with Gasteiger partial charge in [0.05, 0.1) is 17.5 Å². The summed E-state index contributed by atoms with van der Waals surface area (Å²) in [6, 6.07) is 6.51. The lowest BCUT2D eigenvalue weighted by atomic mass is 10.1. The summed E-state index contributed by atoms with van der Waals surface area (Å²) in [5.74, 6) is 0.509. The number of para-hydroxylation sites is 1. The van der Waals surface area contributed by atoms with E-state index in [1.54, 1.807) is 36.0 Å². The Labute approximate surface area is 149 Å². The average molecular weight is 387 g/mol. The van der Waals surface area contributed by atoms with Gasteiger partial charge in [-0.15, -0.1) is 10.2 Å². The van der Waals surface area contributed by atoms with E-state index in [2.05, 4.69) is 22.4 Å². The van der Waals surface area contributed by atoms with Crippen molar-refractivity contribution in [2.75, 3.05) is 28.7 Å². The molecule has 1 amide bonds. The molecule has 0 aliphatic carbocycles. The normalized spacial score (nSPS) is 11.3. The molecular formula is C14H18N4O3S3. The molecule has 0 aliphatic rings. The highest BCUT2D eigenvalue weighted by Gasteiger charge is 2.20. The van der Waals surface area contributed by atoms with Crippen molar-refractivity contribution in [3.05, 3.63) is 29.8 Å². The summed E-state index contributed by atoms with van der Waals surface area (Å²) in [6.07, 6.45) is 2.11. The lowest BCUT2D eigenvalue weighted by Crippen LogP contribution is -2.27. The summed E-state index contributed by atoms with van der Waals surface area (Å²) >= 11 is 2.87. The van der Waals surface area contributed by atoms with Crippen molar-refractivity contribution in [2.45, 2.75) is 17.7 Å². The monoisotopic (exact) mass is 386 g/mol. The number of anilines is 2. The number of aromatic nitrogens is 2. The Morgan fingerprint density at radius 3 is 2.71 bits per heavy atom. The summed E-state index contributed by atoms with van der Waals surface area (Å²) < 4.78 is 25.3. The maximum atomic E-state index is 12.5. The summed E-state index contributed by atoms with van der Waals surface area (Å²) in [5.41, 5.74) is 0.561. The SMILES string of the molecule is CCCSc1nnc(NC(=O)c2ccccc2N(C)S(C)(=O)=O)s1. The van der Waals surface area contributed by atoms with Gasteiger partial charge in [-0.2, -0.15) is 0 Å². The zero-order valence-electron chi connectivity index (χ0n) is 13.5. The van der Waals surface area contributed by atoms with Gasteiger partial charge >= 0.3 is 0 Å². The highest BCUT2D eigenvalue weighted by Crippen LogP contribution is 2.27. The number of hydrogen-bond acceptors (Lipinski definition) is 7. The Hall–Kier alpha value is -1.65. The predicted molar refractivity (Wildman–Crippen MR) is 98.6 cm³/mol. The van der Waals surface area contributed by atoms with Crippen LogP contribution in [0.4, 0.5) is 10.8 Å². The fraction of sp³-hybridized carbons (Fsp3) is 0.357. The van der Waals surface area contributed by atoms with E-state index in [9.17, 15) is 13.2 Å². The zero-order chi connectivity index (χ0) is 17.7. The molecule has 0 aliphatic heterocycles. The number of rotatable bonds is 7. The van der Waals surface area contributed by atoms with Crippen LogP contribution in [0.5, 0.6) is 0 Å². The van der Waals surface area contributed by atoms with Crippen LogP contribution < -0.4 is 9.62 Å². The van der Waals surface area contributed by atoms with Gasteiger partial charge in [0.2, 0.25) is 15.2 Å². The van der Waals surface area contributed by atoms with E-state index < -0.39 is 15.9 Å². The van der Waals surface area contributed by atoms with Crippen LogP contribution in [0.2, 0.25) is 0 Å². The Morgan fingerprint density at radius 1 is 1.33 bits per heavy atom. The minimum atomic E-state index is -3.47. The largest absolute Gasteiger partial charge is 0.296 e. The second kappa shape index (κ2) is 7.95. The first-order chi connectivity index (χ1) is 11.3. The molecule has 0 fully saturated rings. The lowest BCUT2D eigenvalue weighted by Gasteiger charge is -2.19. The van der Waals surface area contributed by atoms with Crippen LogP contribution in [0.15, 0.2) is 28.6 Å². The molecule has 1 aromatic carbocycles. The van der Waals surface area contributed by atoms with Crippen molar-refractivity contribution in [2.24, 2.45) is 0 Å². The van der Waals surface area contributed by atoms with Gasteiger partial charge in [0.25, 0.3) is 5.91 Å². The number of nitrogens with one attached hydrogen (secondary N) is 1. The standard InChI is InChI=1S/C14H18N4O3S3/c1-4-9-22-14-17-16-13(23-14)15-12(19)10-7-5-6-8-11(10)18(2)24(3,20)21/h5-8H,4,9H2,1-3H3,(H,15,16,19). The number of sulfonamides is 1. The zero-order valence-corrected chi connectivity index (χ0v) is 16.0. The third-order valence-corrected chi connectivity index (χ3v) is 6.41. The van der Waals surface area contributed by atoms with Crippen molar-refractivity contribution in [1.29, 1.82) is 0 Å². The Morgan fingerprint density at radius 2 is 2.04 bits per heavy atom. The number of carbonyl (C=O) groups excluding carboxylic acids is 1. The van der Waals surface area contributed by atoms with E-state index >= 15 is 0 Å². The van der Waals surface area contributed by atoms with Gasteiger partial charge in [0.15, 0.2) is 4.34 Å². The lowest BCUT2D eigenvalue weighted by molar-refractivity contribution is 0.102. The fourth-order valence-corrected chi connectivity index (χ4v) is 3.98. The molecule has 0 bridgehead atoms. The van der Waals surface area contributed by atoms with Gasteiger partial charge < -0.3 is 0 Å². The van der Waals surface area contributed by atoms with Crippen LogP contribution in [-0.2, 0) is 10.0 Å². The Balaban J connectivity index is 2.20. The van der Waals surface area contributed by atoms with E-state index in [1.165, 1.54) is 18.4 Å². The van der Waals surface area contributed by atoms with Crippen molar-refractivity contribution in [3.63, 3.8) is 0 Å². The molecule has 0 saturated carbocycles. The quantitative estimate of drug-likeness (QED) is 0.581. The third kappa shape index (κ3) is 4.68. The van der Waals surface area contributed by atoms with Gasteiger partial charge in [-0.05, 0) is 18.6 Å². The third-order valence-electron chi connectivity index (χ3n) is 3.04. The van der Waals surface area contributed by atoms with Crippen molar-refractivity contribution < 1.29 is 13.2 Å². The topological polar surface area (TPSA) is 92.3 Å². The summed E-state index contributed by atoms with van der Waals surface area (Å²) in [4.78, 5) is 12.5. The first kappa shape index (κ1) is 18.7. The maximum Gasteiger partial charge on any atom is 0.259 e. The molecule has 0 saturated heterocycles. The van der Waals surface area contributed by atoms with E-state index in [1.807, 2.05) is 0 Å². The number of carbonyl (C=O) groups is 1. The van der Waals surface area contributed by atoms with Crippen molar-refractivity contribution in [1.82, 2.24) is 10.2 Å². The molecular weight excluding hydrogens is 368 g/mol. The first-order valence-electron chi connectivity index (χ1n) is 7.13. The molecule has 130 valence electrons. The fourth-order valence-electron chi connectivity index (χ4n) is 1.79. The molecule has 0 unspecified atom stereocenters. The molecule has 0 radical (unpaired) electrons. The van der Waals surface area contributed by atoms with E-state index in [4.69, 9.17) is 0 Å². The van der Waals surface area contributed by atoms with Gasteiger partial charge in [-0.25, -0.2) is 8.42 Å². The van der Waals surface area contributed by atoms with Crippen molar-refractivity contribution >= 4 is 49.8 Å². The summed E-state index contributed by atoms with van der Waals surface area (Å²) in [7, 11) is -2.06. The second-order valence-corrected chi connectivity index (χ2v) is 9.26. The Kier molecular flexibility index (Phi) is 6.19. The first-order valence-corrected chi connectivity index (χ1v) is 10.8. The van der Waals surface area contributed by atoms with E-state index in [0.717, 1.165) is 27.1 Å². The number of nitrogens with zero attached hydrogens (tertiary/aromatic N) is 3. The van der Waals surface area contributed by atoms with Crippen LogP contribution in [0.1, 0.15) is 23.7 Å². The number of hydrogen-bond donors (Lipinski definition) is 1. The minimum absolute atomic E-state index is 0.253. The number of benzene rings is 1. The molecule has 2 aromatic rings. The number of thioether (sulfide) groups is 1. The summed E-state index contributed by atoms with van der Waals surface area (Å²) in [6.45, 7) is 2.08. The predicted octanol–water partition coefficient (Wildman–Crippen LogP) is 2.69. The van der Waals surface area contributed by atoms with Gasteiger partial charge in [0.1, 0.15) is 0 Å². The van der Waals surface area contributed by atoms with Crippen LogP contribution in [-0.4, -0.2) is 43.6 Å². The van der Waals surface area contributed by atoms with Gasteiger partial charge in [-0.1, -0.05) is 42.2 Å². The van der Waals surface area contributed by atoms with Gasteiger partial charge in [0, 0.05) is 12.8 Å². The average Bonchev–Trinajstić information content (AvgIpc) is 2.98. The maximum absolute atomic E-state index is 12.5. The molecule has 1 N–H and O–H groups in total.